The molecule has 3 rings (SSSR count). The molecule has 7 heteroatoms. The van der Waals surface area contributed by atoms with E-state index in [0.29, 0.717) is 17.5 Å². The molecule has 6 nitrogen and oxygen atoms in total. The van der Waals surface area contributed by atoms with Crippen LogP contribution in [-0.4, -0.2) is 40.7 Å². The van der Waals surface area contributed by atoms with E-state index >= 15 is 0 Å². The van der Waals surface area contributed by atoms with Crippen LogP contribution in [0.15, 0.2) is 36.7 Å². The maximum absolute atomic E-state index is 10.7. The third-order valence-electron chi connectivity index (χ3n) is 4.81. The fraction of sp³-hybridized carbons (Fsp3) is 0.450. The zero-order valence-corrected chi connectivity index (χ0v) is 15.9. The van der Waals surface area contributed by atoms with Gasteiger partial charge in [-0.25, -0.2) is 9.97 Å². The van der Waals surface area contributed by atoms with Crippen LogP contribution >= 0.6 is 11.6 Å². The van der Waals surface area contributed by atoms with Crippen LogP contribution in [0.1, 0.15) is 31.2 Å². The van der Waals surface area contributed by atoms with Crippen LogP contribution in [0.25, 0.3) is 0 Å². The number of carbonyl (C=O) groups is 1. The number of carboxylic acids is 1. The van der Waals surface area contributed by atoms with Crippen LogP contribution in [0, 0.1) is 5.92 Å². The minimum absolute atomic E-state index is 0.0417. The Labute approximate surface area is 164 Å². The summed E-state index contributed by atoms with van der Waals surface area (Å²) in [5.41, 5.74) is 0.784. The molecular formula is C20H24ClN3O3. The molecule has 0 amide bonds. The standard InChI is InChI=1S/C20H24ClN3O3/c21-17-13-22-20(23-14-17)24-9-7-15(8-10-24)2-1-11-27-18-5-3-16(4-6-18)12-19(25)26/h3-6,13-15H,1-2,7-12H2,(H,25,26). The van der Waals surface area contributed by atoms with Gasteiger partial charge in [0, 0.05) is 13.1 Å². The van der Waals surface area contributed by atoms with Gasteiger partial charge in [-0.1, -0.05) is 23.7 Å². The van der Waals surface area contributed by atoms with Gasteiger partial charge in [-0.15, -0.1) is 0 Å². The molecule has 0 saturated carbocycles. The molecule has 0 spiro atoms. The summed E-state index contributed by atoms with van der Waals surface area (Å²) < 4.78 is 5.77. The average Bonchev–Trinajstić information content (AvgIpc) is 2.67. The van der Waals surface area contributed by atoms with E-state index in [4.69, 9.17) is 21.4 Å². The predicted molar refractivity (Wildman–Crippen MR) is 104 cm³/mol. The van der Waals surface area contributed by atoms with Gasteiger partial charge in [0.25, 0.3) is 0 Å². The Morgan fingerprint density at radius 3 is 2.48 bits per heavy atom. The summed E-state index contributed by atoms with van der Waals surface area (Å²) in [6.45, 7) is 2.62. The zero-order chi connectivity index (χ0) is 19.1. The van der Waals surface area contributed by atoms with Crippen LogP contribution in [0.3, 0.4) is 0 Å². The molecule has 0 atom stereocenters. The van der Waals surface area contributed by atoms with Crippen molar-refractivity contribution in [1.29, 1.82) is 0 Å². The van der Waals surface area contributed by atoms with E-state index in [1.807, 2.05) is 12.1 Å². The van der Waals surface area contributed by atoms with Crippen LogP contribution < -0.4 is 9.64 Å². The largest absolute Gasteiger partial charge is 0.494 e. The second-order valence-electron chi connectivity index (χ2n) is 6.84. The van der Waals surface area contributed by atoms with Crippen molar-refractivity contribution in [3.8, 4) is 5.75 Å². The van der Waals surface area contributed by atoms with Gasteiger partial charge in [0.15, 0.2) is 0 Å². The van der Waals surface area contributed by atoms with Crippen LogP contribution in [0.4, 0.5) is 5.95 Å². The lowest BCUT2D eigenvalue weighted by Crippen LogP contribution is -2.34. The lowest BCUT2D eigenvalue weighted by atomic mass is 9.92. The summed E-state index contributed by atoms with van der Waals surface area (Å²) in [5.74, 6) is 1.43. The highest BCUT2D eigenvalue weighted by molar-refractivity contribution is 6.30. The van der Waals surface area contributed by atoms with E-state index in [9.17, 15) is 4.79 Å². The maximum atomic E-state index is 10.7. The number of benzene rings is 1. The summed E-state index contributed by atoms with van der Waals surface area (Å²) in [6, 6.07) is 7.28. The first kappa shape index (κ1) is 19.4. The van der Waals surface area contributed by atoms with E-state index in [2.05, 4.69) is 14.9 Å². The van der Waals surface area contributed by atoms with E-state index in [1.165, 1.54) is 0 Å². The first-order valence-corrected chi connectivity index (χ1v) is 9.64. The van der Waals surface area contributed by atoms with Crippen molar-refractivity contribution >= 4 is 23.5 Å². The Balaban J connectivity index is 1.33. The minimum atomic E-state index is -0.822. The molecule has 1 aliphatic rings. The molecular weight excluding hydrogens is 366 g/mol. The fourth-order valence-corrected chi connectivity index (χ4v) is 3.43. The number of aromatic nitrogens is 2. The predicted octanol–water partition coefficient (Wildman–Crippen LogP) is 3.83. The van der Waals surface area contributed by atoms with Crippen LogP contribution in [0.2, 0.25) is 5.02 Å². The first-order valence-electron chi connectivity index (χ1n) is 9.26. The number of ether oxygens (including phenoxy) is 1. The molecule has 1 aromatic carbocycles. The lowest BCUT2D eigenvalue weighted by molar-refractivity contribution is -0.136. The number of hydrogen-bond acceptors (Lipinski definition) is 5. The van der Waals surface area contributed by atoms with Crippen molar-refractivity contribution in [2.45, 2.75) is 32.1 Å². The molecule has 0 bridgehead atoms. The monoisotopic (exact) mass is 389 g/mol. The van der Waals surface area contributed by atoms with Crippen LogP contribution in [0.5, 0.6) is 5.75 Å². The molecule has 1 fully saturated rings. The van der Waals surface area contributed by atoms with E-state index in [-0.39, 0.29) is 6.42 Å². The highest BCUT2D eigenvalue weighted by Crippen LogP contribution is 2.24. The molecule has 0 unspecified atom stereocenters. The van der Waals surface area contributed by atoms with E-state index in [1.54, 1.807) is 24.5 Å². The lowest BCUT2D eigenvalue weighted by Gasteiger charge is -2.31. The van der Waals surface area contributed by atoms with Gasteiger partial charge in [0.2, 0.25) is 5.95 Å². The third-order valence-corrected chi connectivity index (χ3v) is 5.00. The smallest absolute Gasteiger partial charge is 0.307 e. The molecule has 1 aliphatic heterocycles. The Kier molecular flexibility index (Phi) is 6.87. The second-order valence-corrected chi connectivity index (χ2v) is 7.27. The number of aliphatic carboxylic acids is 1. The van der Waals surface area contributed by atoms with Gasteiger partial charge >= 0.3 is 5.97 Å². The molecule has 144 valence electrons. The van der Waals surface area contributed by atoms with Crippen molar-refractivity contribution in [2.24, 2.45) is 5.92 Å². The summed E-state index contributed by atoms with van der Waals surface area (Å²) in [5, 5.41) is 9.34. The summed E-state index contributed by atoms with van der Waals surface area (Å²) >= 11 is 5.84. The highest BCUT2D eigenvalue weighted by atomic mass is 35.5. The van der Waals surface area contributed by atoms with Crippen molar-refractivity contribution < 1.29 is 14.6 Å². The Morgan fingerprint density at radius 1 is 1.19 bits per heavy atom. The van der Waals surface area contributed by atoms with Crippen molar-refractivity contribution in [2.75, 3.05) is 24.6 Å². The molecule has 1 aromatic heterocycles. The van der Waals surface area contributed by atoms with Crippen molar-refractivity contribution in [3.63, 3.8) is 0 Å². The number of carboxylic acid groups (broad SMARTS) is 1. The molecule has 0 radical (unpaired) electrons. The van der Waals surface area contributed by atoms with Gasteiger partial charge in [0.1, 0.15) is 5.75 Å². The maximum Gasteiger partial charge on any atom is 0.307 e. The Bertz CT molecular complexity index is 729. The molecule has 27 heavy (non-hydrogen) atoms. The number of piperidine rings is 1. The van der Waals surface area contributed by atoms with Gasteiger partial charge in [0.05, 0.1) is 30.4 Å². The quantitative estimate of drug-likeness (QED) is 0.691. The van der Waals surface area contributed by atoms with Gasteiger partial charge < -0.3 is 14.7 Å². The fourth-order valence-electron chi connectivity index (χ4n) is 3.33. The highest BCUT2D eigenvalue weighted by Gasteiger charge is 2.20. The Hall–Kier alpha value is -2.34. The normalized spacial score (nSPS) is 14.9. The summed E-state index contributed by atoms with van der Waals surface area (Å²) in [6.07, 6.45) is 7.75. The molecule has 1 N–H and O–H groups in total. The Morgan fingerprint density at radius 2 is 1.85 bits per heavy atom. The SMILES string of the molecule is O=C(O)Cc1ccc(OCCCC2CCN(c3ncc(Cl)cn3)CC2)cc1. The van der Waals surface area contributed by atoms with Crippen molar-refractivity contribution in [1.82, 2.24) is 9.97 Å². The number of hydrogen-bond donors (Lipinski definition) is 1. The van der Waals surface area contributed by atoms with Gasteiger partial charge in [-0.05, 0) is 49.3 Å². The zero-order valence-electron chi connectivity index (χ0n) is 15.2. The molecule has 0 aliphatic carbocycles. The molecule has 2 aromatic rings. The van der Waals surface area contributed by atoms with Crippen molar-refractivity contribution in [3.05, 3.63) is 47.2 Å². The van der Waals surface area contributed by atoms with Gasteiger partial charge in [-0.2, -0.15) is 0 Å². The molecule has 2 heterocycles. The average molecular weight is 390 g/mol. The number of anilines is 1. The first-order chi connectivity index (χ1) is 13.1. The minimum Gasteiger partial charge on any atom is -0.494 e. The number of nitrogens with zero attached hydrogens (tertiary/aromatic N) is 3. The van der Waals surface area contributed by atoms with Gasteiger partial charge in [-0.3, -0.25) is 4.79 Å². The summed E-state index contributed by atoms with van der Waals surface area (Å²) in [4.78, 5) is 21.5. The van der Waals surface area contributed by atoms with E-state index in [0.717, 1.165) is 56.0 Å². The third kappa shape index (κ3) is 6.10. The molecule has 1 saturated heterocycles. The topological polar surface area (TPSA) is 75.6 Å². The number of halogens is 1. The summed E-state index contributed by atoms with van der Waals surface area (Å²) in [7, 11) is 0. The van der Waals surface area contributed by atoms with E-state index < -0.39 is 5.97 Å². The van der Waals surface area contributed by atoms with Crippen LogP contribution in [-0.2, 0) is 11.2 Å². The second kappa shape index (κ2) is 9.55. The number of rotatable bonds is 8.